The summed E-state index contributed by atoms with van der Waals surface area (Å²) in [5.41, 5.74) is -0.918. The molecule has 1 unspecified atom stereocenters. The molecule has 0 bridgehead atoms. The molecule has 126 valence electrons. The number of amides is 1. The maximum absolute atomic E-state index is 12.4. The molecule has 0 saturated carbocycles. The lowest BCUT2D eigenvalue weighted by Crippen LogP contribution is -2.48. The van der Waals surface area contributed by atoms with Crippen molar-refractivity contribution in [3.8, 4) is 0 Å². The summed E-state index contributed by atoms with van der Waals surface area (Å²) in [4.78, 5) is 24.5. The lowest BCUT2D eigenvalue weighted by molar-refractivity contribution is -0.118. The van der Waals surface area contributed by atoms with E-state index < -0.39 is 17.1 Å². The monoisotopic (exact) mass is 346 g/mol. The molecule has 1 atom stereocenters. The molecule has 0 saturated heterocycles. The van der Waals surface area contributed by atoms with Gasteiger partial charge >= 0.3 is 0 Å². The van der Waals surface area contributed by atoms with E-state index in [2.05, 4.69) is 10.6 Å². The first-order chi connectivity index (χ1) is 11.3. The van der Waals surface area contributed by atoms with Gasteiger partial charge in [-0.25, -0.2) is 0 Å². The number of carbonyl (C=O) groups is 2. The van der Waals surface area contributed by atoms with Crippen molar-refractivity contribution in [1.29, 1.82) is 0 Å². The van der Waals surface area contributed by atoms with Crippen LogP contribution in [0.25, 0.3) is 0 Å². The first kappa shape index (κ1) is 18.1. The van der Waals surface area contributed by atoms with Crippen LogP contribution in [0.4, 0.5) is 5.69 Å². The van der Waals surface area contributed by atoms with Gasteiger partial charge < -0.3 is 10.4 Å². The van der Waals surface area contributed by atoms with Crippen LogP contribution in [0.5, 0.6) is 0 Å². The maximum atomic E-state index is 12.4. The zero-order valence-corrected chi connectivity index (χ0v) is 14.2. The van der Waals surface area contributed by atoms with Gasteiger partial charge in [0.15, 0.2) is 11.3 Å². The fourth-order valence-corrected chi connectivity index (χ4v) is 2.40. The molecule has 0 aliphatic heterocycles. The summed E-state index contributed by atoms with van der Waals surface area (Å²) in [5.74, 6) is -0.660. The molecule has 3 N–H and O–H groups in total. The van der Waals surface area contributed by atoms with Crippen LogP contribution in [0.3, 0.4) is 0 Å². The zero-order chi connectivity index (χ0) is 17.7. The molecule has 0 aliphatic carbocycles. The van der Waals surface area contributed by atoms with Gasteiger partial charge in [0, 0.05) is 16.8 Å². The molecule has 0 spiro atoms. The van der Waals surface area contributed by atoms with E-state index in [1.807, 2.05) is 6.07 Å². The Kier molecular flexibility index (Phi) is 5.72. The van der Waals surface area contributed by atoms with Gasteiger partial charge in [-0.3, -0.25) is 14.9 Å². The largest absolute Gasteiger partial charge is 0.376 e. The van der Waals surface area contributed by atoms with Gasteiger partial charge in [0.25, 0.3) is 5.91 Å². The van der Waals surface area contributed by atoms with Crippen molar-refractivity contribution in [3.05, 3.63) is 65.7 Å². The second-order valence-corrected chi connectivity index (χ2v) is 6.27. The molecule has 2 rings (SSSR count). The summed E-state index contributed by atoms with van der Waals surface area (Å²) in [5, 5.41) is 14.8. The SMILES string of the molecule is CC(C)(O)NC(Cl)C(=O)Nc1cccc(C(=O)c2ccccc2)c1. The van der Waals surface area contributed by atoms with E-state index in [-0.39, 0.29) is 5.78 Å². The summed E-state index contributed by atoms with van der Waals surface area (Å²) in [6.45, 7) is 2.96. The number of halogens is 1. The number of hydrogen-bond acceptors (Lipinski definition) is 4. The van der Waals surface area contributed by atoms with Gasteiger partial charge in [-0.2, -0.15) is 0 Å². The van der Waals surface area contributed by atoms with E-state index in [0.29, 0.717) is 16.8 Å². The smallest absolute Gasteiger partial charge is 0.257 e. The minimum atomic E-state index is -1.28. The average Bonchev–Trinajstić information content (AvgIpc) is 2.53. The lowest BCUT2D eigenvalue weighted by Gasteiger charge is -2.22. The van der Waals surface area contributed by atoms with Crippen molar-refractivity contribution in [1.82, 2.24) is 5.32 Å². The van der Waals surface area contributed by atoms with Gasteiger partial charge in [0.2, 0.25) is 0 Å². The highest BCUT2D eigenvalue weighted by atomic mass is 35.5. The number of anilines is 1. The van der Waals surface area contributed by atoms with E-state index in [1.165, 1.54) is 13.8 Å². The van der Waals surface area contributed by atoms with Crippen molar-refractivity contribution < 1.29 is 14.7 Å². The van der Waals surface area contributed by atoms with Gasteiger partial charge in [0.05, 0.1) is 0 Å². The van der Waals surface area contributed by atoms with Crippen molar-refractivity contribution in [2.45, 2.75) is 25.1 Å². The molecule has 0 heterocycles. The minimum absolute atomic E-state index is 0.135. The fraction of sp³-hybridized carbons (Fsp3) is 0.222. The second-order valence-electron chi connectivity index (χ2n) is 5.83. The number of ketones is 1. The number of rotatable bonds is 6. The van der Waals surface area contributed by atoms with E-state index >= 15 is 0 Å². The van der Waals surface area contributed by atoms with Gasteiger partial charge in [-0.1, -0.05) is 54.1 Å². The first-order valence-corrected chi connectivity index (χ1v) is 7.85. The summed E-state index contributed by atoms with van der Waals surface area (Å²) in [6, 6.07) is 15.5. The Morgan fingerprint density at radius 2 is 1.67 bits per heavy atom. The third-order valence-electron chi connectivity index (χ3n) is 3.14. The molecule has 1 amide bonds. The topological polar surface area (TPSA) is 78.4 Å². The predicted molar refractivity (Wildman–Crippen MR) is 94.0 cm³/mol. The van der Waals surface area contributed by atoms with Crippen molar-refractivity contribution >= 4 is 29.0 Å². The quantitative estimate of drug-likeness (QED) is 0.325. The highest BCUT2D eigenvalue weighted by Crippen LogP contribution is 2.16. The van der Waals surface area contributed by atoms with Crippen LogP contribution in [-0.4, -0.2) is 28.0 Å². The standard InChI is InChI=1S/C18H19ClN2O3/c1-18(2,24)21-16(19)17(23)20-14-10-6-9-13(11-14)15(22)12-7-4-3-5-8-12/h3-11,16,21,24H,1-2H3,(H,20,23). The number of benzene rings is 2. The van der Waals surface area contributed by atoms with Gasteiger partial charge in [-0.15, -0.1) is 0 Å². The highest BCUT2D eigenvalue weighted by molar-refractivity contribution is 6.32. The van der Waals surface area contributed by atoms with Crippen LogP contribution in [-0.2, 0) is 4.79 Å². The number of hydrogen-bond donors (Lipinski definition) is 3. The summed E-state index contributed by atoms with van der Waals surface area (Å²) in [7, 11) is 0. The number of nitrogens with one attached hydrogen (secondary N) is 2. The molecular weight excluding hydrogens is 328 g/mol. The highest BCUT2D eigenvalue weighted by Gasteiger charge is 2.23. The minimum Gasteiger partial charge on any atom is -0.376 e. The van der Waals surface area contributed by atoms with Crippen molar-refractivity contribution in [2.75, 3.05) is 5.32 Å². The second kappa shape index (κ2) is 7.57. The normalized spacial score (nSPS) is 12.5. The Bertz CT molecular complexity index is 727. The Morgan fingerprint density at radius 1 is 1.04 bits per heavy atom. The molecule has 24 heavy (non-hydrogen) atoms. The summed E-state index contributed by atoms with van der Waals surface area (Å²) in [6.07, 6.45) is 0. The fourth-order valence-electron chi connectivity index (χ4n) is 2.08. The number of alkyl halides is 1. The zero-order valence-electron chi connectivity index (χ0n) is 13.4. The van der Waals surface area contributed by atoms with E-state index in [9.17, 15) is 14.7 Å². The van der Waals surface area contributed by atoms with Crippen molar-refractivity contribution in [2.24, 2.45) is 0 Å². The van der Waals surface area contributed by atoms with E-state index in [4.69, 9.17) is 11.6 Å². The molecule has 0 aromatic heterocycles. The van der Waals surface area contributed by atoms with Crippen LogP contribution in [0, 0.1) is 0 Å². The Hall–Kier alpha value is -2.21. The average molecular weight is 347 g/mol. The summed E-state index contributed by atoms with van der Waals surface area (Å²) < 4.78 is 0. The molecule has 0 aliphatic rings. The van der Waals surface area contributed by atoms with Gasteiger partial charge in [-0.05, 0) is 26.0 Å². The lowest BCUT2D eigenvalue weighted by atomic mass is 10.0. The van der Waals surface area contributed by atoms with Crippen LogP contribution in [0.15, 0.2) is 54.6 Å². The predicted octanol–water partition coefficient (Wildman–Crippen LogP) is 2.74. The maximum Gasteiger partial charge on any atom is 0.257 e. The first-order valence-electron chi connectivity index (χ1n) is 7.41. The molecule has 0 radical (unpaired) electrons. The molecule has 2 aromatic carbocycles. The molecule has 2 aromatic rings. The van der Waals surface area contributed by atoms with E-state index in [1.54, 1.807) is 48.5 Å². The number of carbonyl (C=O) groups excluding carboxylic acids is 2. The van der Waals surface area contributed by atoms with Crippen LogP contribution in [0.1, 0.15) is 29.8 Å². The Morgan fingerprint density at radius 3 is 2.29 bits per heavy atom. The van der Waals surface area contributed by atoms with E-state index in [0.717, 1.165) is 0 Å². The molecular formula is C18H19ClN2O3. The van der Waals surface area contributed by atoms with Crippen molar-refractivity contribution in [3.63, 3.8) is 0 Å². The number of aliphatic hydroxyl groups is 1. The summed E-state index contributed by atoms with van der Waals surface area (Å²) >= 11 is 5.91. The Balaban J connectivity index is 2.11. The Labute approximate surface area is 145 Å². The third kappa shape index (κ3) is 5.16. The molecule has 0 fully saturated rings. The van der Waals surface area contributed by atoms with Crippen LogP contribution < -0.4 is 10.6 Å². The van der Waals surface area contributed by atoms with Gasteiger partial charge in [0.1, 0.15) is 5.72 Å². The van der Waals surface area contributed by atoms with Crippen LogP contribution >= 0.6 is 11.6 Å². The third-order valence-corrected chi connectivity index (χ3v) is 3.45. The van der Waals surface area contributed by atoms with Crippen LogP contribution in [0.2, 0.25) is 0 Å². The molecule has 6 heteroatoms. The molecule has 5 nitrogen and oxygen atoms in total.